The Morgan fingerprint density at radius 1 is 1.14 bits per heavy atom. The van der Waals surface area contributed by atoms with Crippen molar-refractivity contribution >= 4 is 34.6 Å². The second-order valence-corrected chi connectivity index (χ2v) is 15.2. The van der Waals surface area contributed by atoms with E-state index in [9.17, 15) is 32.7 Å². The van der Waals surface area contributed by atoms with Gasteiger partial charge in [-0.15, -0.1) is 0 Å². The van der Waals surface area contributed by atoms with Gasteiger partial charge in [0.25, 0.3) is 5.56 Å². The summed E-state index contributed by atoms with van der Waals surface area (Å²) in [4.78, 5) is 47.1. The lowest BCUT2D eigenvalue weighted by Crippen LogP contribution is -2.51. The topological polar surface area (TPSA) is 119 Å². The van der Waals surface area contributed by atoms with Crippen LogP contribution in [0.3, 0.4) is 0 Å². The summed E-state index contributed by atoms with van der Waals surface area (Å²) in [7, 11) is 0. The Labute approximate surface area is 286 Å². The highest BCUT2D eigenvalue weighted by atomic mass is 35.5. The average molecular weight is 708 g/mol. The molecule has 15 heteroatoms. The van der Waals surface area contributed by atoms with Gasteiger partial charge in [0.1, 0.15) is 17.1 Å². The number of alkyl halides is 3. The van der Waals surface area contributed by atoms with Gasteiger partial charge in [-0.25, -0.2) is 9.78 Å². The lowest BCUT2D eigenvalue weighted by molar-refractivity contribution is -0.165. The molecule has 2 amide bonds. The van der Waals surface area contributed by atoms with Gasteiger partial charge in [-0.2, -0.15) is 13.2 Å². The molecule has 4 heterocycles. The molecule has 4 atom stereocenters. The number of hydrogen-bond donors (Lipinski definition) is 1. The maximum atomic E-state index is 13.6. The molecule has 3 aliphatic rings. The van der Waals surface area contributed by atoms with Gasteiger partial charge in [0, 0.05) is 18.8 Å². The molecule has 3 fully saturated rings. The number of fused-ring (bicyclic) bond motifs is 1. The number of carbonyl (C=O) groups is 2. The molecule has 0 radical (unpaired) electrons. The number of nitrogens with zero attached hydrogens (tertiary/aromatic N) is 5. The number of likely N-dealkylation sites (tertiary alicyclic amines) is 1. The number of hydrogen-bond acceptors (Lipinski definition) is 7. The fourth-order valence-electron chi connectivity index (χ4n) is 6.93. The van der Waals surface area contributed by atoms with Crippen molar-refractivity contribution in [3.05, 3.63) is 57.7 Å². The second-order valence-electron chi connectivity index (χ2n) is 14.8. The third-order valence-electron chi connectivity index (χ3n) is 9.84. The number of amides is 2. The number of aliphatic hydroxyl groups is 1. The van der Waals surface area contributed by atoms with Gasteiger partial charge in [0.2, 0.25) is 5.91 Å². The first kappa shape index (κ1) is 35.2. The van der Waals surface area contributed by atoms with E-state index in [4.69, 9.17) is 21.1 Å². The molecule has 3 aromatic rings. The summed E-state index contributed by atoms with van der Waals surface area (Å²) in [5, 5.41) is 11.8. The first-order valence-corrected chi connectivity index (χ1v) is 16.7. The Balaban J connectivity index is 1.17. The molecule has 0 unspecified atom stereocenters. The van der Waals surface area contributed by atoms with Crippen LogP contribution in [0, 0.1) is 11.3 Å². The fourth-order valence-corrected chi connectivity index (χ4v) is 7.22. The summed E-state index contributed by atoms with van der Waals surface area (Å²) in [6.07, 6.45) is -3.70. The highest BCUT2D eigenvalue weighted by Gasteiger charge is 2.68. The minimum Gasteiger partial charge on any atom is -0.444 e. The lowest BCUT2D eigenvalue weighted by Gasteiger charge is -2.39. The van der Waals surface area contributed by atoms with Crippen LogP contribution in [-0.4, -0.2) is 90.7 Å². The predicted octanol–water partition coefficient (Wildman–Crippen LogP) is 5.48. The Morgan fingerprint density at radius 2 is 1.80 bits per heavy atom. The maximum Gasteiger partial charge on any atom is 0.410 e. The number of ether oxygens (including phenoxy) is 2. The van der Waals surface area contributed by atoms with Crippen LogP contribution in [-0.2, 0) is 20.8 Å². The van der Waals surface area contributed by atoms with Crippen LogP contribution in [0.5, 0.6) is 0 Å². The molecule has 49 heavy (non-hydrogen) atoms. The minimum atomic E-state index is -4.42. The van der Waals surface area contributed by atoms with Gasteiger partial charge in [0.15, 0.2) is 5.65 Å². The monoisotopic (exact) mass is 707 g/mol. The SMILES string of the molecule is C[C@@H]1CN(C(=O)OC(C)(C)C)[C@@H](c2ccc(-n3c(Cl)cc4c(=O)n(CC5(O)CCN(C(=O)[C@]6(C)C[C@H]6C(F)(F)F)CC5)cnc43)cc2)CO1. The summed E-state index contributed by atoms with van der Waals surface area (Å²) < 4.78 is 54.0. The van der Waals surface area contributed by atoms with Gasteiger partial charge in [-0.1, -0.05) is 30.7 Å². The van der Waals surface area contributed by atoms with Crippen LogP contribution in [0.1, 0.15) is 65.5 Å². The zero-order valence-corrected chi connectivity index (χ0v) is 28.8. The van der Waals surface area contributed by atoms with Gasteiger partial charge in [0.05, 0.1) is 54.2 Å². The summed E-state index contributed by atoms with van der Waals surface area (Å²) >= 11 is 6.63. The molecule has 1 N–H and O–H groups in total. The van der Waals surface area contributed by atoms with Crippen LogP contribution in [0.15, 0.2) is 41.5 Å². The van der Waals surface area contributed by atoms with Crippen LogP contribution < -0.4 is 5.56 Å². The molecular weight excluding hydrogens is 667 g/mol. The summed E-state index contributed by atoms with van der Waals surface area (Å²) in [5.74, 6) is -2.20. The van der Waals surface area contributed by atoms with E-state index >= 15 is 0 Å². The Bertz CT molecular complexity index is 1810. The zero-order valence-electron chi connectivity index (χ0n) is 28.1. The summed E-state index contributed by atoms with van der Waals surface area (Å²) in [6.45, 7) is 9.42. The van der Waals surface area contributed by atoms with Crippen LogP contribution >= 0.6 is 11.6 Å². The summed E-state index contributed by atoms with van der Waals surface area (Å²) in [5.41, 5.74) is -2.12. The van der Waals surface area contributed by atoms with Gasteiger partial charge >= 0.3 is 12.3 Å². The van der Waals surface area contributed by atoms with Crippen molar-refractivity contribution < 1.29 is 37.3 Å². The molecule has 0 spiro atoms. The second kappa shape index (κ2) is 12.3. The van der Waals surface area contributed by atoms with E-state index in [1.165, 1.54) is 28.8 Å². The number of halogens is 4. The molecule has 266 valence electrons. The van der Waals surface area contributed by atoms with E-state index in [0.717, 1.165) is 5.56 Å². The van der Waals surface area contributed by atoms with E-state index in [-0.39, 0.29) is 61.6 Å². The average Bonchev–Trinajstić information content (AvgIpc) is 3.63. The first-order chi connectivity index (χ1) is 22.8. The quantitative estimate of drug-likeness (QED) is 0.373. The van der Waals surface area contributed by atoms with Gasteiger partial charge in [-0.3, -0.25) is 23.6 Å². The van der Waals surface area contributed by atoms with Crippen molar-refractivity contribution in [2.45, 2.75) is 90.0 Å². The largest absolute Gasteiger partial charge is 0.444 e. The molecule has 1 aliphatic carbocycles. The number of piperidine rings is 1. The molecule has 1 aromatic carbocycles. The van der Waals surface area contributed by atoms with E-state index in [1.807, 2.05) is 52.0 Å². The van der Waals surface area contributed by atoms with E-state index < -0.39 is 46.3 Å². The minimum absolute atomic E-state index is 0.0830. The molecule has 1 saturated carbocycles. The number of aromatic nitrogens is 3. The molecule has 0 bridgehead atoms. The predicted molar refractivity (Wildman–Crippen MR) is 174 cm³/mol. The zero-order chi connectivity index (χ0) is 35.7. The van der Waals surface area contributed by atoms with Gasteiger partial charge < -0.3 is 19.5 Å². The normalized spacial score (nSPS) is 25.8. The molecule has 2 aliphatic heterocycles. The highest BCUT2D eigenvalue weighted by molar-refractivity contribution is 6.31. The highest BCUT2D eigenvalue weighted by Crippen LogP contribution is 2.61. The molecular formula is C34H41ClF3N5O6. The Hall–Kier alpha value is -3.62. The van der Waals surface area contributed by atoms with Crippen molar-refractivity contribution in [2.24, 2.45) is 11.3 Å². The first-order valence-electron chi connectivity index (χ1n) is 16.4. The van der Waals surface area contributed by atoms with Crippen LogP contribution in [0.25, 0.3) is 16.7 Å². The number of benzene rings is 1. The molecule has 2 aromatic heterocycles. The van der Waals surface area contributed by atoms with Crippen molar-refractivity contribution in [1.29, 1.82) is 0 Å². The summed E-state index contributed by atoms with van der Waals surface area (Å²) in [6, 6.07) is 8.49. The smallest absolute Gasteiger partial charge is 0.410 e. The standard InChI is InChI=1S/C34H41ClF3N5O6/c1-20-16-42(30(46)49-31(2,3)4)24(17-48-20)21-6-8-22(9-7-21)43-26(35)14-23-27(43)39-19-41(28(23)44)18-33(47)10-12-40(13-11-33)29(45)32(5)15-25(32)34(36,37)38/h6-9,14,19-20,24-25,47H,10-13,15-18H2,1-5H3/t20-,24-,25-,32-/m1/s1. The fraction of sp³-hybridized carbons (Fsp3) is 0.588. The van der Waals surface area contributed by atoms with E-state index in [0.29, 0.717) is 24.5 Å². The van der Waals surface area contributed by atoms with Crippen molar-refractivity contribution in [2.75, 3.05) is 26.2 Å². The van der Waals surface area contributed by atoms with Crippen LogP contribution in [0.4, 0.5) is 18.0 Å². The third-order valence-corrected chi connectivity index (χ3v) is 10.1. The van der Waals surface area contributed by atoms with Crippen molar-refractivity contribution in [1.82, 2.24) is 23.9 Å². The Morgan fingerprint density at radius 3 is 2.39 bits per heavy atom. The Kier molecular flexibility index (Phi) is 8.84. The molecule has 11 nitrogen and oxygen atoms in total. The van der Waals surface area contributed by atoms with E-state index in [2.05, 4.69) is 4.98 Å². The maximum absolute atomic E-state index is 13.6. The molecule has 2 saturated heterocycles. The molecule has 6 rings (SSSR count). The number of rotatable bonds is 5. The van der Waals surface area contributed by atoms with Crippen molar-refractivity contribution in [3.8, 4) is 5.69 Å². The number of morpholine rings is 1. The third kappa shape index (κ3) is 6.91. The van der Waals surface area contributed by atoms with Crippen molar-refractivity contribution in [3.63, 3.8) is 0 Å². The lowest BCUT2D eigenvalue weighted by atomic mass is 9.90. The van der Waals surface area contributed by atoms with Crippen LogP contribution in [0.2, 0.25) is 5.15 Å². The van der Waals surface area contributed by atoms with Gasteiger partial charge in [-0.05, 0) is 70.7 Å². The number of carbonyl (C=O) groups excluding carboxylic acids is 2. The van der Waals surface area contributed by atoms with E-state index in [1.54, 1.807) is 9.47 Å².